The standard InChI is InChI=1S/C30H32Cl2F2N2O11/c1-11(29(42)35-20-21(37)23(39)28-27(22(20)38)43-10-44-28)5-13-3-4-19(18(34)6-13)46-30-25(41)24(40)26(47-30)12(2)36-45-9-14-7-17(33)16(32)8-15(14)31/h3-8,20-28,30,37-41H,9-10H2,1-2H3,(H,35,42)/b11-5+,36-12-/t20-,21+,22-,23-,24+,25-,26-,27+,28-,30-/m1/s1. The first-order valence-electron chi connectivity index (χ1n) is 14.3. The van der Waals surface area contributed by atoms with E-state index < -0.39 is 78.7 Å². The van der Waals surface area contributed by atoms with Crippen molar-refractivity contribution in [1.82, 2.24) is 5.32 Å². The maximum atomic E-state index is 15.0. The number of halogens is 4. The molecule has 2 heterocycles. The first-order valence-corrected chi connectivity index (χ1v) is 15.1. The molecule has 2 aromatic carbocycles. The molecule has 2 saturated heterocycles. The number of carbonyl (C=O) groups is 1. The molecule has 256 valence electrons. The zero-order chi connectivity index (χ0) is 34.2. The lowest BCUT2D eigenvalue weighted by atomic mass is 9.83. The van der Waals surface area contributed by atoms with E-state index in [0.29, 0.717) is 0 Å². The Bertz CT molecular complexity index is 1550. The van der Waals surface area contributed by atoms with Crippen LogP contribution in [-0.4, -0.2) is 105 Å². The SMILES string of the molecule is C/C(=N/OCc1cc(F)c(Cl)cc1Cl)[C@H]1O[C@@H](Oc2ccc(/C=C(\C)C(=O)N[C@@H]3[C@H](O)[C@@H](O)[C@H]4OCO[C@H]4[C@@H]3O)cc2F)[C@H](O)[C@@H]1O. The number of oxime groups is 1. The first-order chi connectivity index (χ1) is 22.3. The van der Waals surface area contributed by atoms with Crippen LogP contribution >= 0.6 is 23.2 Å². The van der Waals surface area contributed by atoms with Crippen LogP contribution in [0.15, 0.2) is 41.1 Å². The molecule has 0 unspecified atom stereocenters. The number of hydrogen-bond acceptors (Lipinski definition) is 12. The molecule has 6 N–H and O–H groups in total. The van der Waals surface area contributed by atoms with Crippen molar-refractivity contribution >= 4 is 40.9 Å². The van der Waals surface area contributed by atoms with Crippen molar-refractivity contribution in [1.29, 1.82) is 0 Å². The van der Waals surface area contributed by atoms with Crippen molar-refractivity contribution in [3.63, 3.8) is 0 Å². The molecule has 1 aliphatic carbocycles. The molecule has 0 spiro atoms. The van der Waals surface area contributed by atoms with Gasteiger partial charge in [0.2, 0.25) is 12.2 Å². The normalized spacial score (nSPS) is 32.7. The monoisotopic (exact) mass is 704 g/mol. The first kappa shape index (κ1) is 35.3. The van der Waals surface area contributed by atoms with Crippen molar-refractivity contribution in [2.45, 2.75) is 81.6 Å². The largest absolute Gasteiger partial charge is 0.459 e. The topological polar surface area (TPSA) is 189 Å². The van der Waals surface area contributed by atoms with Gasteiger partial charge in [-0.25, -0.2) is 8.78 Å². The zero-order valence-electron chi connectivity index (χ0n) is 24.8. The van der Waals surface area contributed by atoms with Crippen LogP contribution in [0.5, 0.6) is 5.75 Å². The van der Waals surface area contributed by atoms with Gasteiger partial charge in [0.05, 0.1) is 16.8 Å². The average molecular weight is 705 g/mol. The molecule has 3 aliphatic rings. The number of aliphatic hydroxyl groups excluding tert-OH is 5. The fraction of sp³-hybridized carbons (Fsp3) is 0.467. The number of aliphatic hydroxyl groups is 5. The number of benzene rings is 2. The Balaban J connectivity index is 1.18. The van der Waals surface area contributed by atoms with E-state index in [1.54, 1.807) is 0 Å². The van der Waals surface area contributed by atoms with Gasteiger partial charge < -0.3 is 54.6 Å². The summed E-state index contributed by atoms with van der Waals surface area (Å²) in [6, 6.07) is 4.73. The molecule has 0 aromatic heterocycles. The van der Waals surface area contributed by atoms with E-state index in [2.05, 4.69) is 10.5 Å². The van der Waals surface area contributed by atoms with Gasteiger partial charge in [-0.1, -0.05) is 34.4 Å². The van der Waals surface area contributed by atoms with Crippen molar-refractivity contribution in [3.05, 3.63) is 68.7 Å². The predicted molar refractivity (Wildman–Crippen MR) is 160 cm³/mol. The summed E-state index contributed by atoms with van der Waals surface area (Å²) in [7, 11) is 0. The number of amides is 1. The second kappa shape index (κ2) is 14.7. The molecular weight excluding hydrogens is 673 g/mol. The van der Waals surface area contributed by atoms with Gasteiger partial charge in [0, 0.05) is 16.2 Å². The maximum Gasteiger partial charge on any atom is 0.247 e. The van der Waals surface area contributed by atoms with Crippen molar-refractivity contribution < 1.29 is 62.9 Å². The fourth-order valence-electron chi connectivity index (χ4n) is 5.38. The molecule has 17 heteroatoms. The Kier molecular flexibility index (Phi) is 11.0. The molecule has 5 rings (SSSR count). The van der Waals surface area contributed by atoms with Gasteiger partial charge in [0.25, 0.3) is 0 Å². The molecular formula is C30H32Cl2F2N2O11. The van der Waals surface area contributed by atoms with Crippen LogP contribution < -0.4 is 10.1 Å². The minimum Gasteiger partial charge on any atom is -0.459 e. The van der Waals surface area contributed by atoms with Crippen LogP contribution in [0, 0.1) is 11.6 Å². The highest BCUT2D eigenvalue weighted by Gasteiger charge is 2.53. The summed E-state index contributed by atoms with van der Waals surface area (Å²) in [5, 5.41) is 58.6. The zero-order valence-corrected chi connectivity index (χ0v) is 26.3. The van der Waals surface area contributed by atoms with E-state index in [1.165, 1.54) is 38.1 Å². The Morgan fingerprint density at radius 1 is 0.957 bits per heavy atom. The molecule has 1 saturated carbocycles. The lowest BCUT2D eigenvalue weighted by molar-refractivity contribution is -0.155. The fourth-order valence-corrected chi connectivity index (χ4v) is 5.82. The third-order valence-electron chi connectivity index (χ3n) is 7.99. The minimum absolute atomic E-state index is 0.0821. The smallest absolute Gasteiger partial charge is 0.247 e. The summed E-state index contributed by atoms with van der Waals surface area (Å²) in [6.45, 7) is 2.46. The Labute approximate surface area is 276 Å². The van der Waals surface area contributed by atoms with Crippen LogP contribution in [-0.2, 0) is 30.4 Å². The van der Waals surface area contributed by atoms with Crippen molar-refractivity contribution in [3.8, 4) is 5.75 Å². The van der Waals surface area contributed by atoms with Gasteiger partial charge in [-0.2, -0.15) is 0 Å². The van der Waals surface area contributed by atoms with Crippen LogP contribution in [0.1, 0.15) is 25.0 Å². The van der Waals surface area contributed by atoms with Crippen LogP contribution in [0.4, 0.5) is 8.78 Å². The Hall–Kier alpha value is -2.96. The van der Waals surface area contributed by atoms with Gasteiger partial charge in [-0.3, -0.25) is 4.79 Å². The number of ether oxygens (including phenoxy) is 4. The Morgan fingerprint density at radius 2 is 1.66 bits per heavy atom. The number of nitrogens with zero attached hydrogens (tertiary/aromatic N) is 1. The van der Waals surface area contributed by atoms with Gasteiger partial charge >= 0.3 is 0 Å². The quantitative estimate of drug-likeness (QED) is 0.0959. The highest BCUT2D eigenvalue weighted by molar-refractivity contribution is 6.35. The van der Waals surface area contributed by atoms with E-state index in [9.17, 15) is 34.7 Å². The van der Waals surface area contributed by atoms with Crippen LogP contribution in [0.3, 0.4) is 0 Å². The van der Waals surface area contributed by atoms with Crippen molar-refractivity contribution in [2.75, 3.05) is 6.79 Å². The summed E-state index contributed by atoms with van der Waals surface area (Å²) in [5.74, 6) is -2.61. The molecule has 0 bridgehead atoms. The highest BCUT2D eigenvalue weighted by Crippen LogP contribution is 2.31. The van der Waals surface area contributed by atoms with Crippen molar-refractivity contribution in [2.24, 2.45) is 5.16 Å². The summed E-state index contributed by atoms with van der Waals surface area (Å²) in [5.41, 5.74) is 0.679. The molecule has 47 heavy (non-hydrogen) atoms. The molecule has 0 radical (unpaired) electrons. The van der Waals surface area contributed by atoms with E-state index in [0.717, 1.165) is 12.1 Å². The number of nitrogens with one attached hydrogen (secondary N) is 1. The van der Waals surface area contributed by atoms with E-state index in [-0.39, 0.29) is 51.6 Å². The second-order valence-corrected chi connectivity index (χ2v) is 12.1. The molecule has 2 aliphatic heterocycles. The third kappa shape index (κ3) is 7.54. The summed E-state index contributed by atoms with van der Waals surface area (Å²) < 4.78 is 50.3. The molecule has 13 nitrogen and oxygen atoms in total. The number of hydrogen-bond donors (Lipinski definition) is 6. The highest BCUT2D eigenvalue weighted by atomic mass is 35.5. The van der Waals surface area contributed by atoms with Gasteiger partial charge in [0.15, 0.2) is 11.6 Å². The van der Waals surface area contributed by atoms with Gasteiger partial charge in [0.1, 0.15) is 68.0 Å². The van der Waals surface area contributed by atoms with E-state index >= 15 is 4.39 Å². The summed E-state index contributed by atoms with van der Waals surface area (Å²) in [4.78, 5) is 18.0. The van der Waals surface area contributed by atoms with E-state index in [4.69, 9.17) is 47.0 Å². The Morgan fingerprint density at radius 3 is 2.36 bits per heavy atom. The van der Waals surface area contributed by atoms with Crippen LogP contribution in [0.25, 0.3) is 6.08 Å². The molecule has 2 aromatic rings. The number of fused-ring (bicyclic) bond motifs is 1. The maximum absolute atomic E-state index is 15.0. The number of rotatable bonds is 9. The molecule has 1 amide bonds. The number of carbonyl (C=O) groups excluding carboxylic acids is 1. The van der Waals surface area contributed by atoms with Gasteiger partial charge in [-0.15, -0.1) is 0 Å². The third-order valence-corrected chi connectivity index (χ3v) is 8.63. The second-order valence-electron chi connectivity index (χ2n) is 11.3. The van der Waals surface area contributed by atoms with Crippen LogP contribution in [0.2, 0.25) is 10.0 Å². The molecule has 10 atom stereocenters. The van der Waals surface area contributed by atoms with Gasteiger partial charge in [-0.05, 0) is 49.8 Å². The lowest BCUT2D eigenvalue weighted by Gasteiger charge is -2.41. The molecule has 3 fully saturated rings. The lowest BCUT2D eigenvalue weighted by Crippen LogP contribution is -2.67. The average Bonchev–Trinajstić information content (AvgIpc) is 3.63. The van der Waals surface area contributed by atoms with E-state index in [1.807, 2.05) is 0 Å². The summed E-state index contributed by atoms with van der Waals surface area (Å²) in [6.07, 6.45) is -10.7. The minimum atomic E-state index is -1.60. The summed E-state index contributed by atoms with van der Waals surface area (Å²) >= 11 is 11.7. The predicted octanol–water partition coefficient (Wildman–Crippen LogP) is 1.42.